The molecule has 0 aliphatic carbocycles. The number of rotatable bonds is 10. The zero-order valence-corrected chi connectivity index (χ0v) is 21.3. The number of anilines is 1. The van der Waals surface area contributed by atoms with Gasteiger partial charge in [-0.1, -0.05) is 19.9 Å². The standard InChI is InChI=1S/C26H39N5O3/c1-17(2)13-21(27)25(33)31-16-23(32)30(26(31,4)5)12-8-9-18(3)29-22-15-20(34-6)14-19-10-7-11-28-24(19)22/h7,10-11,14-15,17-18,21,29H,8-9,12-13,16,27H2,1-6H3/t18?,21-/m1/s1. The van der Waals surface area contributed by atoms with Crippen LogP contribution in [0.2, 0.25) is 0 Å². The summed E-state index contributed by atoms with van der Waals surface area (Å²) >= 11 is 0. The lowest BCUT2D eigenvalue weighted by molar-refractivity contribution is -0.139. The second kappa shape index (κ2) is 10.6. The van der Waals surface area contributed by atoms with E-state index in [4.69, 9.17) is 10.5 Å². The predicted molar refractivity (Wildman–Crippen MR) is 136 cm³/mol. The van der Waals surface area contributed by atoms with Crippen LogP contribution in [0.3, 0.4) is 0 Å². The van der Waals surface area contributed by atoms with Gasteiger partial charge in [-0.05, 0) is 58.1 Å². The van der Waals surface area contributed by atoms with Gasteiger partial charge in [-0.25, -0.2) is 0 Å². The van der Waals surface area contributed by atoms with E-state index in [1.54, 1.807) is 18.2 Å². The fourth-order valence-electron chi connectivity index (χ4n) is 4.71. The Labute approximate surface area is 202 Å². The summed E-state index contributed by atoms with van der Waals surface area (Å²) in [5.41, 5.74) is 7.28. The number of hydrogen-bond donors (Lipinski definition) is 2. The Bertz CT molecular complexity index is 1020. The fourth-order valence-corrected chi connectivity index (χ4v) is 4.71. The summed E-state index contributed by atoms with van der Waals surface area (Å²) in [6, 6.07) is 7.44. The van der Waals surface area contributed by atoms with E-state index in [1.807, 2.05) is 56.9 Å². The van der Waals surface area contributed by atoms with Crippen molar-refractivity contribution in [3.63, 3.8) is 0 Å². The maximum absolute atomic E-state index is 12.9. The Balaban J connectivity index is 1.60. The van der Waals surface area contributed by atoms with Crippen molar-refractivity contribution >= 4 is 28.4 Å². The highest BCUT2D eigenvalue weighted by Gasteiger charge is 2.47. The van der Waals surface area contributed by atoms with Gasteiger partial charge in [-0.15, -0.1) is 0 Å². The monoisotopic (exact) mass is 469 g/mol. The summed E-state index contributed by atoms with van der Waals surface area (Å²) in [6.45, 7) is 10.7. The largest absolute Gasteiger partial charge is 0.497 e. The minimum absolute atomic E-state index is 0.0290. The molecule has 1 aliphatic rings. The number of ether oxygens (including phenoxy) is 1. The molecule has 1 aromatic carbocycles. The summed E-state index contributed by atoms with van der Waals surface area (Å²) in [7, 11) is 1.66. The number of nitrogens with one attached hydrogen (secondary N) is 1. The van der Waals surface area contributed by atoms with Crippen LogP contribution in [-0.4, -0.2) is 64.5 Å². The number of pyridine rings is 1. The maximum Gasteiger partial charge on any atom is 0.244 e. The number of carbonyl (C=O) groups excluding carboxylic acids is 2. The van der Waals surface area contributed by atoms with E-state index in [0.29, 0.717) is 18.9 Å². The molecular weight excluding hydrogens is 430 g/mol. The molecule has 0 bridgehead atoms. The number of nitrogens with two attached hydrogens (primary N) is 1. The SMILES string of the molecule is COc1cc(NC(C)CCCN2C(=O)CN(C(=O)[C@H](N)CC(C)C)C2(C)C)c2ncccc2c1. The molecule has 34 heavy (non-hydrogen) atoms. The van der Waals surface area contributed by atoms with Crippen LogP contribution in [-0.2, 0) is 9.59 Å². The molecule has 0 saturated carbocycles. The van der Waals surface area contributed by atoms with Crippen molar-refractivity contribution in [1.29, 1.82) is 0 Å². The van der Waals surface area contributed by atoms with Crippen LogP contribution in [0.15, 0.2) is 30.5 Å². The third-order valence-electron chi connectivity index (χ3n) is 6.56. The Hall–Kier alpha value is -2.87. The number of amides is 2. The average molecular weight is 470 g/mol. The number of methoxy groups -OCH3 is 1. The molecule has 1 unspecified atom stereocenters. The van der Waals surface area contributed by atoms with E-state index in [-0.39, 0.29) is 24.4 Å². The lowest BCUT2D eigenvalue weighted by Gasteiger charge is -2.39. The number of aromatic nitrogens is 1. The Morgan fingerprint density at radius 1 is 1.29 bits per heavy atom. The van der Waals surface area contributed by atoms with Crippen molar-refractivity contribution in [2.24, 2.45) is 11.7 Å². The molecule has 1 fully saturated rings. The molecule has 3 N–H and O–H groups in total. The number of fused-ring (bicyclic) bond motifs is 1. The normalized spacial score (nSPS) is 17.4. The zero-order valence-electron chi connectivity index (χ0n) is 21.3. The van der Waals surface area contributed by atoms with Gasteiger partial charge in [0.1, 0.15) is 18.0 Å². The third kappa shape index (κ3) is 5.60. The Morgan fingerprint density at radius 3 is 2.71 bits per heavy atom. The molecule has 8 heteroatoms. The lowest BCUT2D eigenvalue weighted by Crippen LogP contribution is -2.55. The number of hydrogen-bond acceptors (Lipinski definition) is 6. The Morgan fingerprint density at radius 2 is 2.03 bits per heavy atom. The molecule has 1 saturated heterocycles. The molecular formula is C26H39N5O3. The van der Waals surface area contributed by atoms with E-state index in [0.717, 1.165) is 35.2 Å². The molecule has 2 atom stereocenters. The van der Waals surface area contributed by atoms with E-state index in [2.05, 4.69) is 17.2 Å². The average Bonchev–Trinajstić information content (AvgIpc) is 3.01. The minimum atomic E-state index is -0.688. The quantitative estimate of drug-likeness (QED) is 0.551. The second-order valence-electron chi connectivity index (χ2n) is 10.1. The summed E-state index contributed by atoms with van der Waals surface area (Å²) in [4.78, 5) is 33.7. The van der Waals surface area contributed by atoms with Crippen LogP contribution in [0, 0.1) is 5.92 Å². The molecule has 1 aromatic heterocycles. The van der Waals surface area contributed by atoms with Crippen molar-refractivity contribution in [1.82, 2.24) is 14.8 Å². The van der Waals surface area contributed by atoms with Gasteiger partial charge in [0.05, 0.1) is 24.4 Å². The summed E-state index contributed by atoms with van der Waals surface area (Å²) in [5.74, 6) is 0.920. The molecule has 2 amide bonds. The second-order valence-corrected chi connectivity index (χ2v) is 10.1. The van der Waals surface area contributed by atoms with Gasteiger partial charge in [0.15, 0.2) is 0 Å². The van der Waals surface area contributed by atoms with E-state index < -0.39 is 11.7 Å². The van der Waals surface area contributed by atoms with Gasteiger partial charge in [-0.2, -0.15) is 0 Å². The highest BCUT2D eigenvalue weighted by atomic mass is 16.5. The summed E-state index contributed by atoms with van der Waals surface area (Å²) in [5, 5.41) is 4.57. The zero-order chi connectivity index (χ0) is 25.0. The van der Waals surface area contributed by atoms with Crippen molar-refractivity contribution in [3.8, 4) is 5.75 Å². The molecule has 186 valence electrons. The molecule has 0 spiro atoms. The predicted octanol–water partition coefficient (Wildman–Crippen LogP) is 3.60. The van der Waals surface area contributed by atoms with Gasteiger partial charge in [0, 0.05) is 30.2 Å². The summed E-state index contributed by atoms with van der Waals surface area (Å²) in [6.07, 6.45) is 4.05. The van der Waals surface area contributed by atoms with Crippen molar-refractivity contribution in [2.75, 3.05) is 25.5 Å². The molecule has 0 radical (unpaired) electrons. The van der Waals surface area contributed by atoms with E-state index in [9.17, 15) is 9.59 Å². The van der Waals surface area contributed by atoms with Crippen molar-refractivity contribution in [3.05, 3.63) is 30.5 Å². The lowest BCUT2D eigenvalue weighted by atomic mass is 10.0. The first-order valence-electron chi connectivity index (χ1n) is 12.1. The number of nitrogens with zero attached hydrogens (tertiary/aromatic N) is 3. The fraction of sp³-hybridized carbons (Fsp3) is 0.577. The topological polar surface area (TPSA) is 101 Å². The smallest absolute Gasteiger partial charge is 0.244 e. The first kappa shape index (κ1) is 25.7. The van der Waals surface area contributed by atoms with Crippen LogP contribution in [0.25, 0.3) is 10.9 Å². The van der Waals surface area contributed by atoms with Gasteiger partial charge < -0.3 is 25.6 Å². The highest BCUT2D eigenvalue weighted by Crippen LogP contribution is 2.30. The molecule has 1 aliphatic heterocycles. The molecule has 2 aromatic rings. The number of benzene rings is 1. The highest BCUT2D eigenvalue weighted by molar-refractivity contribution is 5.92. The van der Waals surface area contributed by atoms with Gasteiger partial charge in [0.25, 0.3) is 0 Å². The van der Waals surface area contributed by atoms with Crippen LogP contribution in [0.4, 0.5) is 5.69 Å². The minimum Gasteiger partial charge on any atom is -0.497 e. The molecule has 3 rings (SSSR count). The maximum atomic E-state index is 12.9. The summed E-state index contributed by atoms with van der Waals surface area (Å²) < 4.78 is 5.44. The van der Waals surface area contributed by atoms with Gasteiger partial charge >= 0.3 is 0 Å². The first-order valence-corrected chi connectivity index (χ1v) is 12.1. The first-order chi connectivity index (χ1) is 16.0. The van der Waals surface area contributed by atoms with Crippen LogP contribution < -0.4 is 15.8 Å². The van der Waals surface area contributed by atoms with Crippen LogP contribution >= 0.6 is 0 Å². The van der Waals surface area contributed by atoms with Gasteiger partial charge in [0.2, 0.25) is 11.8 Å². The number of carbonyl (C=O) groups is 2. The van der Waals surface area contributed by atoms with Crippen molar-refractivity contribution in [2.45, 2.75) is 71.6 Å². The van der Waals surface area contributed by atoms with Crippen LogP contribution in [0.5, 0.6) is 5.75 Å². The van der Waals surface area contributed by atoms with E-state index in [1.165, 1.54) is 0 Å². The van der Waals surface area contributed by atoms with E-state index >= 15 is 0 Å². The third-order valence-corrected chi connectivity index (χ3v) is 6.56. The molecule has 8 nitrogen and oxygen atoms in total. The Kier molecular flexibility index (Phi) is 8.02. The van der Waals surface area contributed by atoms with Crippen LogP contribution in [0.1, 0.15) is 53.9 Å². The molecule has 2 heterocycles. The van der Waals surface area contributed by atoms with Gasteiger partial charge in [-0.3, -0.25) is 14.6 Å². The van der Waals surface area contributed by atoms with Crippen molar-refractivity contribution < 1.29 is 14.3 Å².